The second-order valence-electron chi connectivity index (χ2n) is 4.19. The first-order valence-electron chi connectivity index (χ1n) is 5.86. The van der Waals surface area contributed by atoms with Gasteiger partial charge in [-0.15, -0.1) is 0 Å². The van der Waals surface area contributed by atoms with Crippen molar-refractivity contribution in [3.05, 3.63) is 24.3 Å². The molecule has 0 saturated heterocycles. The molecule has 1 nitrogen and oxygen atoms in total. The van der Waals surface area contributed by atoms with Crippen LogP contribution in [0.1, 0.15) is 45.4 Å². The second-order valence-corrected chi connectivity index (χ2v) is 4.19. The molecular formula is C13H23N. The lowest BCUT2D eigenvalue weighted by molar-refractivity contribution is 0.524. The topological polar surface area (TPSA) is 12.0 Å². The number of hydrogen-bond acceptors (Lipinski definition) is 1. The summed E-state index contributed by atoms with van der Waals surface area (Å²) in [5, 5.41) is 3.50. The van der Waals surface area contributed by atoms with Gasteiger partial charge in [0.1, 0.15) is 0 Å². The van der Waals surface area contributed by atoms with Crippen molar-refractivity contribution < 1.29 is 0 Å². The van der Waals surface area contributed by atoms with Crippen molar-refractivity contribution in [3.63, 3.8) is 0 Å². The SMILES string of the molecule is C=C1CCCCCCC(NCC)C1=C. The monoisotopic (exact) mass is 193 g/mol. The number of hydrogen-bond donors (Lipinski definition) is 1. The van der Waals surface area contributed by atoms with Gasteiger partial charge in [-0.3, -0.25) is 0 Å². The molecule has 0 heterocycles. The molecule has 1 unspecified atom stereocenters. The normalized spacial score (nSPS) is 25.4. The van der Waals surface area contributed by atoms with Crippen molar-refractivity contribution in [2.45, 2.75) is 51.5 Å². The minimum absolute atomic E-state index is 0.477. The van der Waals surface area contributed by atoms with E-state index >= 15 is 0 Å². The minimum atomic E-state index is 0.477. The molecule has 1 aliphatic rings. The van der Waals surface area contributed by atoms with Gasteiger partial charge < -0.3 is 5.32 Å². The van der Waals surface area contributed by atoms with Gasteiger partial charge in [-0.05, 0) is 31.4 Å². The van der Waals surface area contributed by atoms with Gasteiger partial charge in [0, 0.05) is 6.04 Å². The minimum Gasteiger partial charge on any atom is -0.310 e. The molecule has 1 saturated carbocycles. The van der Waals surface area contributed by atoms with Crippen molar-refractivity contribution >= 4 is 0 Å². The predicted molar refractivity (Wildman–Crippen MR) is 63.4 cm³/mol. The van der Waals surface area contributed by atoms with Crippen LogP contribution >= 0.6 is 0 Å². The average Bonchev–Trinajstić information content (AvgIpc) is 2.25. The molecule has 80 valence electrons. The Hall–Kier alpha value is -0.560. The number of rotatable bonds is 2. The van der Waals surface area contributed by atoms with E-state index in [9.17, 15) is 0 Å². The standard InChI is InChI=1S/C13H23N/c1-4-14-13-10-8-6-5-7-9-11(2)12(13)3/h13-14H,2-10H2,1H3. The van der Waals surface area contributed by atoms with Crippen LogP contribution in [0.4, 0.5) is 0 Å². The van der Waals surface area contributed by atoms with Crippen molar-refractivity contribution in [3.8, 4) is 0 Å². The summed E-state index contributed by atoms with van der Waals surface area (Å²) >= 11 is 0. The van der Waals surface area contributed by atoms with Gasteiger partial charge in [0.2, 0.25) is 0 Å². The van der Waals surface area contributed by atoms with E-state index in [2.05, 4.69) is 25.4 Å². The van der Waals surface area contributed by atoms with Gasteiger partial charge in [-0.1, -0.05) is 44.9 Å². The molecule has 0 aliphatic heterocycles. The van der Waals surface area contributed by atoms with E-state index < -0.39 is 0 Å². The predicted octanol–water partition coefficient (Wildman–Crippen LogP) is 3.43. The fourth-order valence-corrected chi connectivity index (χ4v) is 2.09. The van der Waals surface area contributed by atoms with Crippen LogP contribution in [0.3, 0.4) is 0 Å². The molecule has 1 N–H and O–H groups in total. The Labute approximate surface area is 88.3 Å². The molecule has 1 rings (SSSR count). The van der Waals surface area contributed by atoms with Gasteiger partial charge >= 0.3 is 0 Å². The second kappa shape index (κ2) is 6.02. The summed E-state index contributed by atoms with van der Waals surface area (Å²) in [5.74, 6) is 0. The molecule has 0 amide bonds. The third kappa shape index (κ3) is 3.30. The highest BCUT2D eigenvalue weighted by Crippen LogP contribution is 2.23. The summed E-state index contributed by atoms with van der Waals surface area (Å²) in [6.07, 6.45) is 7.70. The zero-order valence-corrected chi connectivity index (χ0v) is 9.44. The van der Waals surface area contributed by atoms with Crippen LogP contribution in [0.5, 0.6) is 0 Å². The first kappa shape index (κ1) is 11.5. The Kier molecular flexibility index (Phi) is 4.95. The maximum Gasteiger partial charge on any atom is 0.0316 e. The fourth-order valence-electron chi connectivity index (χ4n) is 2.09. The lowest BCUT2D eigenvalue weighted by Crippen LogP contribution is -2.30. The zero-order valence-electron chi connectivity index (χ0n) is 9.44. The third-order valence-corrected chi connectivity index (χ3v) is 3.05. The van der Waals surface area contributed by atoms with Crippen LogP contribution in [0.25, 0.3) is 0 Å². The van der Waals surface area contributed by atoms with Gasteiger partial charge in [-0.25, -0.2) is 0 Å². The smallest absolute Gasteiger partial charge is 0.0316 e. The summed E-state index contributed by atoms with van der Waals surface area (Å²) in [6.45, 7) is 11.5. The molecule has 1 heteroatoms. The van der Waals surface area contributed by atoms with E-state index in [0.29, 0.717) is 6.04 Å². The Bertz CT molecular complexity index is 205. The summed E-state index contributed by atoms with van der Waals surface area (Å²) in [4.78, 5) is 0. The lowest BCUT2D eigenvalue weighted by atomic mass is 9.96. The number of likely N-dealkylation sites (N-methyl/N-ethyl adjacent to an activating group) is 1. The fraction of sp³-hybridized carbons (Fsp3) is 0.692. The highest BCUT2D eigenvalue weighted by atomic mass is 14.9. The summed E-state index contributed by atoms with van der Waals surface area (Å²) < 4.78 is 0. The molecule has 1 fully saturated rings. The first-order valence-corrected chi connectivity index (χ1v) is 5.86. The van der Waals surface area contributed by atoms with E-state index in [0.717, 1.165) is 13.0 Å². The first-order chi connectivity index (χ1) is 6.75. The largest absolute Gasteiger partial charge is 0.310 e. The van der Waals surface area contributed by atoms with Crippen LogP contribution < -0.4 is 5.32 Å². The lowest BCUT2D eigenvalue weighted by Gasteiger charge is -2.20. The summed E-state index contributed by atoms with van der Waals surface area (Å²) in [5.41, 5.74) is 2.51. The van der Waals surface area contributed by atoms with Crippen LogP contribution in [-0.4, -0.2) is 12.6 Å². The van der Waals surface area contributed by atoms with Crippen LogP contribution in [0.2, 0.25) is 0 Å². The molecule has 0 bridgehead atoms. The van der Waals surface area contributed by atoms with Crippen molar-refractivity contribution in [2.24, 2.45) is 0 Å². The van der Waals surface area contributed by atoms with E-state index in [1.165, 1.54) is 43.3 Å². The average molecular weight is 193 g/mol. The Morgan fingerprint density at radius 3 is 2.64 bits per heavy atom. The molecule has 0 radical (unpaired) electrons. The molecule has 0 aromatic rings. The highest BCUT2D eigenvalue weighted by molar-refractivity contribution is 5.30. The molecule has 14 heavy (non-hydrogen) atoms. The van der Waals surface area contributed by atoms with Gasteiger partial charge in [-0.2, -0.15) is 0 Å². The Morgan fingerprint density at radius 1 is 1.21 bits per heavy atom. The zero-order chi connectivity index (χ0) is 10.4. The molecule has 0 spiro atoms. The summed E-state index contributed by atoms with van der Waals surface area (Å²) in [6, 6.07) is 0.477. The molecular weight excluding hydrogens is 170 g/mol. The van der Waals surface area contributed by atoms with Crippen molar-refractivity contribution in [1.29, 1.82) is 0 Å². The maximum absolute atomic E-state index is 4.18. The quantitative estimate of drug-likeness (QED) is 0.708. The molecule has 0 aromatic carbocycles. The van der Waals surface area contributed by atoms with Gasteiger partial charge in [0.05, 0.1) is 0 Å². The van der Waals surface area contributed by atoms with E-state index in [-0.39, 0.29) is 0 Å². The van der Waals surface area contributed by atoms with Gasteiger partial charge in [0.15, 0.2) is 0 Å². The summed E-state index contributed by atoms with van der Waals surface area (Å²) in [7, 11) is 0. The molecule has 1 atom stereocenters. The van der Waals surface area contributed by atoms with Gasteiger partial charge in [0.25, 0.3) is 0 Å². The van der Waals surface area contributed by atoms with E-state index in [1.54, 1.807) is 0 Å². The molecule has 0 aromatic heterocycles. The van der Waals surface area contributed by atoms with Crippen LogP contribution in [0, 0.1) is 0 Å². The Morgan fingerprint density at radius 2 is 1.93 bits per heavy atom. The van der Waals surface area contributed by atoms with E-state index in [4.69, 9.17) is 0 Å². The molecule has 1 aliphatic carbocycles. The van der Waals surface area contributed by atoms with Crippen molar-refractivity contribution in [2.75, 3.05) is 6.54 Å². The van der Waals surface area contributed by atoms with Crippen molar-refractivity contribution in [1.82, 2.24) is 5.32 Å². The van der Waals surface area contributed by atoms with Crippen LogP contribution in [0.15, 0.2) is 24.3 Å². The van der Waals surface area contributed by atoms with E-state index in [1.807, 2.05) is 0 Å². The number of nitrogens with one attached hydrogen (secondary N) is 1. The van der Waals surface area contributed by atoms with Crippen LogP contribution in [-0.2, 0) is 0 Å². The maximum atomic E-state index is 4.18. The third-order valence-electron chi connectivity index (χ3n) is 3.05. The Balaban J connectivity index is 2.59. The highest BCUT2D eigenvalue weighted by Gasteiger charge is 2.14.